The minimum atomic E-state index is -1.13. The van der Waals surface area contributed by atoms with E-state index in [9.17, 15) is 9.90 Å². The molecule has 1 N–H and O–H groups in total. The monoisotopic (exact) mass is 263 g/mol. The van der Waals surface area contributed by atoms with Crippen LogP contribution < -0.4 is 0 Å². The maximum atomic E-state index is 12.3. The molecule has 0 aliphatic carbocycles. The SMILES string of the molecule is CC1COCCN1C(=O)CC(C)(O)c1ccccc1. The molecule has 0 saturated carbocycles. The predicted octanol–water partition coefficient (Wildman–Crippen LogP) is 1.53. The van der Waals surface area contributed by atoms with E-state index in [1.165, 1.54) is 0 Å². The maximum absolute atomic E-state index is 12.3. The number of rotatable bonds is 3. The second-order valence-electron chi connectivity index (χ2n) is 5.33. The first-order valence-corrected chi connectivity index (χ1v) is 6.66. The van der Waals surface area contributed by atoms with Crippen LogP contribution in [0.4, 0.5) is 0 Å². The molecular formula is C15H21NO3. The molecular weight excluding hydrogens is 242 g/mol. The second-order valence-corrected chi connectivity index (χ2v) is 5.33. The molecule has 104 valence electrons. The van der Waals surface area contributed by atoms with Crippen LogP contribution in [0.25, 0.3) is 0 Å². The quantitative estimate of drug-likeness (QED) is 0.899. The summed E-state index contributed by atoms with van der Waals surface area (Å²) in [5, 5.41) is 10.5. The zero-order valence-corrected chi connectivity index (χ0v) is 11.5. The number of ether oxygens (including phenoxy) is 1. The largest absolute Gasteiger partial charge is 0.385 e. The van der Waals surface area contributed by atoms with Gasteiger partial charge in [-0.05, 0) is 19.4 Å². The molecule has 1 heterocycles. The number of morpholine rings is 1. The van der Waals surface area contributed by atoms with Crippen molar-refractivity contribution in [1.82, 2.24) is 4.90 Å². The van der Waals surface area contributed by atoms with Crippen LogP contribution in [0.15, 0.2) is 30.3 Å². The minimum absolute atomic E-state index is 0.0235. The average Bonchev–Trinajstić information content (AvgIpc) is 2.39. The molecule has 0 spiro atoms. The van der Waals surface area contributed by atoms with Crippen LogP contribution in [0.3, 0.4) is 0 Å². The zero-order chi connectivity index (χ0) is 13.9. The lowest BCUT2D eigenvalue weighted by Crippen LogP contribution is -2.48. The average molecular weight is 263 g/mol. The van der Waals surface area contributed by atoms with Crippen LogP contribution in [0, 0.1) is 0 Å². The van der Waals surface area contributed by atoms with E-state index in [4.69, 9.17) is 4.74 Å². The van der Waals surface area contributed by atoms with Gasteiger partial charge in [-0.1, -0.05) is 30.3 Å². The Morgan fingerprint density at radius 2 is 2.16 bits per heavy atom. The van der Waals surface area contributed by atoms with Crippen molar-refractivity contribution in [2.24, 2.45) is 0 Å². The second kappa shape index (κ2) is 5.72. The van der Waals surface area contributed by atoms with E-state index in [1.54, 1.807) is 11.8 Å². The summed E-state index contributed by atoms with van der Waals surface area (Å²) in [5.41, 5.74) is -0.361. The standard InChI is InChI=1S/C15H21NO3/c1-12-11-19-9-8-16(12)14(17)10-15(2,18)13-6-4-3-5-7-13/h3-7,12,18H,8-11H2,1-2H3. The lowest BCUT2D eigenvalue weighted by molar-refractivity contribution is -0.144. The van der Waals surface area contributed by atoms with Crippen LogP contribution in [-0.2, 0) is 15.1 Å². The third-order valence-corrected chi connectivity index (χ3v) is 3.58. The fraction of sp³-hybridized carbons (Fsp3) is 0.533. The molecule has 0 radical (unpaired) electrons. The van der Waals surface area contributed by atoms with E-state index in [0.717, 1.165) is 5.56 Å². The van der Waals surface area contributed by atoms with Crippen molar-refractivity contribution in [3.63, 3.8) is 0 Å². The van der Waals surface area contributed by atoms with Crippen molar-refractivity contribution in [2.75, 3.05) is 19.8 Å². The number of nitrogens with zero attached hydrogens (tertiary/aromatic N) is 1. The normalized spacial score (nSPS) is 22.9. The van der Waals surface area contributed by atoms with Gasteiger partial charge in [0.2, 0.25) is 5.91 Å². The molecule has 1 aromatic carbocycles. The van der Waals surface area contributed by atoms with E-state index < -0.39 is 5.60 Å². The number of carbonyl (C=O) groups excluding carboxylic acids is 1. The number of benzene rings is 1. The Morgan fingerprint density at radius 1 is 1.47 bits per heavy atom. The van der Waals surface area contributed by atoms with Crippen molar-refractivity contribution in [1.29, 1.82) is 0 Å². The fourth-order valence-corrected chi connectivity index (χ4v) is 2.39. The van der Waals surface area contributed by atoms with Crippen molar-refractivity contribution in [2.45, 2.75) is 31.9 Å². The van der Waals surface area contributed by atoms with Crippen molar-refractivity contribution < 1.29 is 14.6 Å². The molecule has 1 amide bonds. The molecule has 0 aromatic heterocycles. The minimum Gasteiger partial charge on any atom is -0.385 e. The summed E-state index contributed by atoms with van der Waals surface area (Å²) >= 11 is 0. The Balaban J connectivity index is 2.05. The van der Waals surface area contributed by atoms with Gasteiger partial charge >= 0.3 is 0 Å². The van der Waals surface area contributed by atoms with Crippen molar-refractivity contribution in [3.8, 4) is 0 Å². The number of hydrogen-bond acceptors (Lipinski definition) is 3. The Labute approximate surface area is 114 Å². The third-order valence-electron chi connectivity index (χ3n) is 3.58. The lowest BCUT2D eigenvalue weighted by atomic mass is 9.92. The van der Waals surface area contributed by atoms with E-state index in [1.807, 2.05) is 37.3 Å². The molecule has 19 heavy (non-hydrogen) atoms. The highest BCUT2D eigenvalue weighted by atomic mass is 16.5. The molecule has 1 aromatic rings. The van der Waals surface area contributed by atoms with Gasteiger partial charge in [-0.15, -0.1) is 0 Å². The van der Waals surface area contributed by atoms with Crippen LogP contribution in [0.2, 0.25) is 0 Å². The van der Waals surface area contributed by atoms with E-state index >= 15 is 0 Å². The summed E-state index contributed by atoms with van der Waals surface area (Å²) in [6, 6.07) is 9.39. The molecule has 1 aliphatic heterocycles. The summed E-state index contributed by atoms with van der Waals surface area (Å²) in [6.07, 6.45) is 0.0986. The highest BCUT2D eigenvalue weighted by Crippen LogP contribution is 2.25. The van der Waals surface area contributed by atoms with Gasteiger partial charge in [-0.2, -0.15) is 0 Å². The summed E-state index contributed by atoms with van der Waals surface area (Å²) in [4.78, 5) is 14.1. The summed E-state index contributed by atoms with van der Waals surface area (Å²) in [7, 11) is 0. The van der Waals surface area contributed by atoms with Gasteiger partial charge in [-0.25, -0.2) is 0 Å². The van der Waals surface area contributed by atoms with E-state index in [0.29, 0.717) is 19.8 Å². The summed E-state index contributed by atoms with van der Waals surface area (Å²) in [6.45, 7) is 5.40. The smallest absolute Gasteiger partial charge is 0.226 e. The van der Waals surface area contributed by atoms with Crippen molar-refractivity contribution >= 4 is 5.91 Å². The number of amides is 1. The van der Waals surface area contributed by atoms with Gasteiger partial charge in [0.15, 0.2) is 0 Å². The van der Waals surface area contributed by atoms with Crippen molar-refractivity contribution in [3.05, 3.63) is 35.9 Å². The highest BCUT2D eigenvalue weighted by molar-refractivity contribution is 5.78. The van der Waals surface area contributed by atoms with Crippen LogP contribution in [0.1, 0.15) is 25.8 Å². The van der Waals surface area contributed by atoms with Crippen LogP contribution in [-0.4, -0.2) is 41.7 Å². The summed E-state index contributed by atoms with van der Waals surface area (Å²) in [5.74, 6) is -0.0235. The lowest BCUT2D eigenvalue weighted by Gasteiger charge is -2.35. The predicted molar refractivity (Wildman–Crippen MR) is 72.6 cm³/mol. The third kappa shape index (κ3) is 3.33. The van der Waals surface area contributed by atoms with Gasteiger partial charge in [0.05, 0.1) is 31.3 Å². The number of carbonyl (C=O) groups is 1. The van der Waals surface area contributed by atoms with Gasteiger partial charge in [0.25, 0.3) is 0 Å². The summed E-state index contributed by atoms with van der Waals surface area (Å²) < 4.78 is 5.32. The Hall–Kier alpha value is -1.39. The first-order chi connectivity index (χ1) is 9.00. The van der Waals surface area contributed by atoms with Gasteiger partial charge in [0, 0.05) is 6.54 Å². The number of aliphatic hydroxyl groups is 1. The topological polar surface area (TPSA) is 49.8 Å². The van der Waals surface area contributed by atoms with Crippen LogP contribution >= 0.6 is 0 Å². The van der Waals surface area contributed by atoms with Gasteiger partial charge in [0.1, 0.15) is 0 Å². The highest BCUT2D eigenvalue weighted by Gasteiger charge is 2.31. The molecule has 2 rings (SSSR count). The molecule has 2 unspecified atom stereocenters. The first-order valence-electron chi connectivity index (χ1n) is 6.66. The molecule has 2 atom stereocenters. The first kappa shape index (κ1) is 14.0. The Kier molecular flexibility index (Phi) is 4.22. The number of hydrogen-bond donors (Lipinski definition) is 1. The van der Waals surface area contributed by atoms with E-state index in [-0.39, 0.29) is 18.4 Å². The zero-order valence-electron chi connectivity index (χ0n) is 11.5. The molecule has 1 fully saturated rings. The molecule has 1 aliphatic rings. The molecule has 4 heteroatoms. The molecule has 1 saturated heterocycles. The van der Waals surface area contributed by atoms with Gasteiger partial charge < -0.3 is 14.7 Å². The maximum Gasteiger partial charge on any atom is 0.226 e. The fourth-order valence-electron chi connectivity index (χ4n) is 2.39. The Morgan fingerprint density at radius 3 is 2.79 bits per heavy atom. The van der Waals surface area contributed by atoms with Gasteiger partial charge in [-0.3, -0.25) is 4.79 Å². The van der Waals surface area contributed by atoms with E-state index in [2.05, 4.69) is 0 Å². The molecule has 0 bridgehead atoms. The van der Waals surface area contributed by atoms with Crippen LogP contribution in [0.5, 0.6) is 0 Å². The molecule has 4 nitrogen and oxygen atoms in total. The Bertz CT molecular complexity index is 430.